The second kappa shape index (κ2) is 5.84. The lowest BCUT2D eigenvalue weighted by Gasteiger charge is -2.08. The zero-order valence-electron chi connectivity index (χ0n) is 9.04. The Morgan fingerprint density at radius 3 is 2.94 bits per heavy atom. The molecule has 0 radical (unpaired) electrons. The molecule has 17 heavy (non-hydrogen) atoms. The van der Waals surface area contributed by atoms with E-state index in [4.69, 9.17) is 4.74 Å². The van der Waals surface area contributed by atoms with Crippen molar-refractivity contribution in [3.63, 3.8) is 0 Å². The van der Waals surface area contributed by atoms with Gasteiger partial charge in [-0.1, -0.05) is 0 Å². The summed E-state index contributed by atoms with van der Waals surface area (Å²) in [6.07, 6.45) is 1.71. The molecule has 0 aliphatic rings. The lowest BCUT2D eigenvalue weighted by atomic mass is 10.4. The smallest absolute Gasteiger partial charge is 0.237 e. The number of nitrogens with one attached hydrogen (secondary N) is 1. The molecular weight excluding hydrogens is 368 g/mol. The first-order chi connectivity index (χ1) is 8.20. The molecule has 6 heteroatoms. The lowest BCUT2D eigenvalue weighted by Crippen LogP contribution is -2.00. The van der Waals surface area contributed by atoms with Gasteiger partial charge in [0.1, 0.15) is 0 Å². The molecule has 0 unspecified atom stereocenters. The summed E-state index contributed by atoms with van der Waals surface area (Å²) < 4.78 is 7.36. The van der Waals surface area contributed by atoms with Crippen LogP contribution >= 0.6 is 43.2 Å². The molecular formula is C11H10Br2N2OS. The number of ether oxygens (including phenoxy) is 1. The van der Waals surface area contributed by atoms with Gasteiger partial charge in [0.25, 0.3) is 0 Å². The van der Waals surface area contributed by atoms with Gasteiger partial charge in [0, 0.05) is 22.1 Å². The number of anilines is 1. The van der Waals surface area contributed by atoms with Crippen LogP contribution in [0.25, 0.3) is 0 Å². The Bertz CT molecular complexity index is 496. The third-order valence-electron chi connectivity index (χ3n) is 2.11. The van der Waals surface area contributed by atoms with Crippen molar-refractivity contribution in [1.82, 2.24) is 4.98 Å². The highest BCUT2D eigenvalue weighted by Gasteiger charge is 2.06. The van der Waals surface area contributed by atoms with Crippen molar-refractivity contribution < 1.29 is 4.74 Å². The van der Waals surface area contributed by atoms with Gasteiger partial charge in [0.05, 0.1) is 16.6 Å². The zero-order chi connectivity index (χ0) is 12.3. The highest BCUT2D eigenvalue weighted by Crippen LogP contribution is 2.33. The average Bonchev–Trinajstić information content (AvgIpc) is 2.66. The van der Waals surface area contributed by atoms with Gasteiger partial charge in [-0.05, 0) is 50.1 Å². The molecule has 90 valence electrons. The minimum Gasteiger partial charge on any atom is -0.480 e. The standard InChI is InChI=1S/C11H10Br2N2OS/c1-16-11-9(3-2-4-14-11)15-6-7-5-8(12)10(13)17-7/h2-5,15H,6H2,1H3. The van der Waals surface area contributed by atoms with Crippen LogP contribution in [-0.4, -0.2) is 12.1 Å². The highest BCUT2D eigenvalue weighted by molar-refractivity contribution is 9.13. The summed E-state index contributed by atoms with van der Waals surface area (Å²) in [5, 5.41) is 3.30. The van der Waals surface area contributed by atoms with Crippen molar-refractivity contribution in [2.24, 2.45) is 0 Å². The summed E-state index contributed by atoms with van der Waals surface area (Å²) in [7, 11) is 1.62. The van der Waals surface area contributed by atoms with Gasteiger partial charge in [-0.15, -0.1) is 11.3 Å². The molecule has 2 aromatic rings. The minimum atomic E-state index is 0.613. The maximum absolute atomic E-state index is 5.17. The second-order valence-electron chi connectivity index (χ2n) is 3.25. The highest BCUT2D eigenvalue weighted by atomic mass is 79.9. The predicted octanol–water partition coefficient (Wildman–Crippen LogP) is 4.29. The van der Waals surface area contributed by atoms with E-state index >= 15 is 0 Å². The van der Waals surface area contributed by atoms with Crippen molar-refractivity contribution in [3.05, 3.63) is 37.5 Å². The zero-order valence-corrected chi connectivity index (χ0v) is 13.0. The van der Waals surface area contributed by atoms with Crippen molar-refractivity contribution >= 4 is 48.9 Å². The monoisotopic (exact) mass is 376 g/mol. The fraction of sp³-hybridized carbons (Fsp3) is 0.182. The van der Waals surface area contributed by atoms with Crippen LogP contribution in [0.2, 0.25) is 0 Å². The number of thiophene rings is 1. The van der Waals surface area contributed by atoms with Crippen LogP contribution in [0, 0.1) is 0 Å². The van der Waals surface area contributed by atoms with Crippen LogP contribution in [-0.2, 0) is 6.54 Å². The molecule has 0 aliphatic carbocycles. The molecule has 2 aromatic heterocycles. The van der Waals surface area contributed by atoms with Crippen LogP contribution in [0.5, 0.6) is 5.88 Å². The Hall–Kier alpha value is -0.590. The number of hydrogen-bond donors (Lipinski definition) is 1. The fourth-order valence-electron chi connectivity index (χ4n) is 1.35. The van der Waals surface area contributed by atoms with Gasteiger partial charge in [0.15, 0.2) is 0 Å². The van der Waals surface area contributed by atoms with Gasteiger partial charge < -0.3 is 10.1 Å². The third-order valence-corrected chi connectivity index (χ3v) is 5.37. The van der Waals surface area contributed by atoms with E-state index in [1.807, 2.05) is 12.1 Å². The molecule has 0 spiro atoms. The van der Waals surface area contributed by atoms with E-state index in [1.54, 1.807) is 24.6 Å². The Morgan fingerprint density at radius 1 is 1.47 bits per heavy atom. The van der Waals surface area contributed by atoms with Crippen LogP contribution in [0.15, 0.2) is 32.7 Å². The van der Waals surface area contributed by atoms with Crippen LogP contribution < -0.4 is 10.1 Å². The summed E-state index contributed by atoms with van der Waals surface area (Å²) >= 11 is 8.64. The van der Waals surface area contributed by atoms with Crippen molar-refractivity contribution in [2.45, 2.75) is 6.54 Å². The molecule has 0 amide bonds. The van der Waals surface area contributed by atoms with E-state index in [0.717, 1.165) is 20.5 Å². The van der Waals surface area contributed by atoms with Crippen molar-refractivity contribution in [3.8, 4) is 5.88 Å². The predicted molar refractivity (Wildman–Crippen MR) is 77.8 cm³/mol. The van der Waals surface area contributed by atoms with Gasteiger partial charge in [-0.2, -0.15) is 0 Å². The van der Waals surface area contributed by atoms with E-state index < -0.39 is 0 Å². The van der Waals surface area contributed by atoms with E-state index in [2.05, 4.69) is 48.2 Å². The molecule has 0 fully saturated rings. The Labute approximate surface area is 120 Å². The van der Waals surface area contributed by atoms with Gasteiger partial charge in [0.2, 0.25) is 5.88 Å². The molecule has 2 heterocycles. The lowest BCUT2D eigenvalue weighted by molar-refractivity contribution is 0.399. The maximum Gasteiger partial charge on any atom is 0.237 e. The number of rotatable bonds is 4. The number of hydrogen-bond acceptors (Lipinski definition) is 4. The molecule has 3 nitrogen and oxygen atoms in total. The molecule has 0 atom stereocenters. The van der Waals surface area contributed by atoms with Crippen LogP contribution in [0.4, 0.5) is 5.69 Å². The normalized spacial score (nSPS) is 10.3. The van der Waals surface area contributed by atoms with E-state index in [9.17, 15) is 0 Å². The summed E-state index contributed by atoms with van der Waals surface area (Å²) in [6.45, 7) is 0.747. The van der Waals surface area contributed by atoms with Gasteiger partial charge in [-0.25, -0.2) is 4.98 Å². The first-order valence-electron chi connectivity index (χ1n) is 4.87. The molecule has 0 saturated carbocycles. The molecule has 0 bridgehead atoms. The first-order valence-corrected chi connectivity index (χ1v) is 7.27. The van der Waals surface area contributed by atoms with E-state index in [-0.39, 0.29) is 0 Å². The first kappa shape index (κ1) is 12.9. The quantitative estimate of drug-likeness (QED) is 0.862. The van der Waals surface area contributed by atoms with E-state index in [1.165, 1.54) is 4.88 Å². The molecule has 1 N–H and O–H groups in total. The molecule has 0 saturated heterocycles. The summed E-state index contributed by atoms with van der Waals surface area (Å²) in [6, 6.07) is 5.92. The number of nitrogens with zero attached hydrogens (tertiary/aromatic N) is 1. The summed E-state index contributed by atoms with van der Waals surface area (Å²) in [5.41, 5.74) is 0.899. The molecule has 2 rings (SSSR count). The van der Waals surface area contributed by atoms with Crippen molar-refractivity contribution in [1.29, 1.82) is 0 Å². The Morgan fingerprint density at radius 2 is 2.29 bits per heavy atom. The van der Waals surface area contributed by atoms with E-state index in [0.29, 0.717) is 5.88 Å². The van der Waals surface area contributed by atoms with Crippen LogP contribution in [0.3, 0.4) is 0 Å². The SMILES string of the molecule is COc1ncccc1NCc1cc(Br)c(Br)s1. The Kier molecular flexibility index (Phi) is 4.42. The largest absolute Gasteiger partial charge is 0.480 e. The number of methoxy groups -OCH3 is 1. The van der Waals surface area contributed by atoms with Gasteiger partial charge in [-0.3, -0.25) is 0 Å². The van der Waals surface area contributed by atoms with Gasteiger partial charge >= 0.3 is 0 Å². The number of halogens is 2. The topological polar surface area (TPSA) is 34.1 Å². The molecule has 0 aliphatic heterocycles. The second-order valence-corrected chi connectivity index (χ2v) is 6.56. The fourth-order valence-corrected chi connectivity index (χ4v) is 3.47. The summed E-state index contributed by atoms with van der Waals surface area (Å²) in [5.74, 6) is 0.613. The number of pyridine rings is 1. The molecule has 0 aromatic carbocycles. The van der Waals surface area contributed by atoms with Crippen LogP contribution in [0.1, 0.15) is 4.88 Å². The Balaban J connectivity index is 2.07. The van der Waals surface area contributed by atoms with Crippen molar-refractivity contribution in [2.75, 3.05) is 12.4 Å². The summed E-state index contributed by atoms with van der Waals surface area (Å²) in [4.78, 5) is 5.36. The minimum absolute atomic E-state index is 0.613. The number of aromatic nitrogens is 1. The third kappa shape index (κ3) is 3.20. The maximum atomic E-state index is 5.17. The average molecular weight is 378 g/mol.